The van der Waals surface area contributed by atoms with Gasteiger partial charge >= 0.3 is 6.03 Å². The van der Waals surface area contributed by atoms with Crippen LogP contribution in [-0.4, -0.2) is 17.2 Å². The standard InChI is InChI=1S/C23H20Cl2N2O2/c24-20-8-3-7-18(22(20)25)15-5-1-6-16(12-15)26-23(29)27-21-9-2-4-14-10-11-17(28)13-19(14)21/h1-9,12,17,28H,10-11,13H2,(H2,26,27,29). The highest BCUT2D eigenvalue weighted by Gasteiger charge is 2.20. The molecule has 148 valence electrons. The summed E-state index contributed by atoms with van der Waals surface area (Å²) in [6.45, 7) is 0. The Kier molecular flexibility index (Phi) is 5.76. The molecule has 1 atom stereocenters. The molecule has 1 aliphatic carbocycles. The van der Waals surface area contributed by atoms with Gasteiger partial charge in [0.2, 0.25) is 0 Å². The topological polar surface area (TPSA) is 61.4 Å². The summed E-state index contributed by atoms with van der Waals surface area (Å²) in [6, 6.07) is 18.4. The molecule has 0 aromatic heterocycles. The van der Waals surface area contributed by atoms with Crippen LogP contribution < -0.4 is 10.6 Å². The summed E-state index contributed by atoms with van der Waals surface area (Å²) in [7, 11) is 0. The van der Waals surface area contributed by atoms with Crippen molar-refractivity contribution in [1.82, 2.24) is 0 Å². The monoisotopic (exact) mass is 426 g/mol. The third-order valence-corrected chi connectivity index (χ3v) is 5.91. The Morgan fingerprint density at radius 2 is 1.79 bits per heavy atom. The van der Waals surface area contributed by atoms with Crippen molar-refractivity contribution in [3.8, 4) is 11.1 Å². The summed E-state index contributed by atoms with van der Waals surface area (Å²) in [4.78, 5) is 12.6. The van der Waals surface area contributed by atoms with Crippen LogP contribution in [0.5, 0.6) is 0 Å². The quantitative estimate of drug-likeness (QED) is 0.469. The summed E-state index contributed by atoms with van der Waals surface area (Å²) in [5.41, 5.74) is 5.20. The first-order valence-corrected chi connectivity index (χ1v) is 10.2. The number of rotatable bonds is 3. The van der Waals surface area contributed by atoms with E-state index in [9.17, 15) is 9.90 Å². The molecule has 3 N–H and O–H groups in total. The van der Waals surface area contributed by atoms with Gasteiger partial charge in [0, 0.05) is 23.4 Å². The van der Waals surface area contributed by atoms with E-state index in [4.69, 9.17) is 23.2 Å². The van der Waals surface area contributed by atoms with E-state index in [0.717, 1.165) is 35.2 Å². The first-order valence-electron chi connectivity index (χ1n) is 9.42. The predicted molar refractivity (Wildman–Crippen MR) is 119 cm³/mol. The van der Waals surface area contributed by atoms with Crippen molar-refractivity contribution in [2.75, 3.05) is 10.6 Å². The molecule has 0 fully saturated rings. The average Bonchev–Trinajstić information content (AvgIpc) is 2.70. The lowest BCUT2D eigenvalue weighted by atomic mass is 9.88. The summed E-state index contributed by atoms with van der Waals surface area (Å²) < 4.78 is 0. The lowest BCUT2D eigenvalue weighted by molar-refractivity contribution is 0.159. The number of aliphatic hydroxyl groups is 1. The molecule has 4 nitrogen and oxygen atoms in total. The third kappa shape index (κ3) is 4.40. The largest absolute Gasteiger partial charge is 0.393 e. The van der Waals surface area contributed by atoms with Gasteiger partial charge in [0.05, 0.1) is 16.1 Å². The Morgan fingerprint density at radius 3 is 2.66 bits per heavy atom. The molecule has 4 rings (SSSR count). The van der Waals surface area contributed by atoms with E-state index >= 15 is 0 Å². The van der Waals surface area contributed by atoms with Crippen LogP contribution in [0.3, 0.4) is 0 Å². The van der Waals surface area contributed by atoms with Gasteiger partial charge in [-0.2, -0.15) is 0 Å². The van der Waals surface area contributed by atoms with E-state index in [2.05, 4.69) is 10.6 Å². The smallest absolute Gasteiger partial charge is 0.323 e. The van der Waals surface area contributed by atoms with Gasteiger partial charge in [-0.1, -0.05) is 59.6 Å². The van der Waals surface area contributed by atoms with Gasteiger partial charge in [-0.25, -0.2) is 4.79 Å². The first kappa shape index (κ1) is 19.8. The number of anilines is 2. The van der Waals surface area contributed by atoms with Gasteiger partial charge in [0.15, 0.2) is 0 Å². The van der Waals surface area contributed by atoms with Crippen LogP contribution in [0.15, 0.2) is 60.7 Å². The van der Waals surface area contributed by atoms with Crippen LogP contribution in [0.2, 0.25) is 10.0 Å². The van der Waals surface area contributed by atoms with Crippen molar-refractivity contribution < 1.29 is 9.90 Å². The number of amides is 2. The van der Waals surface area contributed by atoms with Gasteiger partial charge in [0.25, 0.3) is 0 Å². The van der Waals surface area contributed by atoms with Crippen molar-refractivity contribution in [3.63, 3.8) is 0 Å². The fourth-order valence-electron chi connectivity index (χ4n) is 3.66. The minimum atomic E-state index is -0.368. The molecule has 0 bridgehead atoms. The number of hydrogen-bond donors (Lipinski definition) is 3. The highest BCUT2D eigenvalue weighted by atomic mass is 35.5. The van der Waals surface area contributed by atoms with Crippen LogP contribution in [-0.2, 0) is 12.8 Å². The van der Waals surface area contributed by atoms with Crippen LogP contribution in [0.4, 0.5) is 16.2 Å². The highest BCUT2D eigenvalue weighted by molar-refractivity contribution is 6.43. The van der Waals surface area contributed by atoms with Crippen molar-refractivity contribution in [2.45, 2.75) is 25.4 Å². The van der Waals surface area contributed by atoms with E-state index < -0.39 is 0 Å². The molecular weight excluding hydrogens is 407 g/mol. The number of hydrogen-bond acceptors (Lipinski definition) is 2. The zero-order valence-electron chi connectivity index (χ0n) is 15.6. The van der Waals surface area contributed by atoms with Gasteiger partial charge in [-0.3, -0.25) is 0 Å². The third-order valence-electron chi connectivity index (χ3n) is 5.09. The number of aliphatic hydroxyl groups excluding tert-OH is 1. The van der Waals surface area contributed by atoms with Gasteiger partial charge in [-0.05, 0) is 53.8 Å². The second-order valence-corrected chi connectivity index (χ2v) is 7.89. The molecule has 2 amide bonds. The van der Waals surface area contributed by atoms with Crippen molar-refractivity contribution >= 4 is 40.6 Å². The molecule has 6 heteroatoms. The normalized spacial score (nSPS) is 15.5. The Labute approximate surface area is 179 Å². The molecule has 0 saturated heterocycles. The van der Waals surface area contributed by atoms with E-state index in [0.29, 0.717) is 22.2 Å². The Hall–Kier alpha value is -2.53. The second-order valence-electron chi connectivity index (χ2n) is 7.10. The van der Waals surface area contributed by atoms with Crippen LogP contribution >= 0.6 is 23.2 Å². The van der Waals surface area contributed by atoms with E-state index in [1.807, 2.05) is 54.6 Å². The van der Waals surface area contributed by atoms with Gasteiger partial charge in [0.1, 0.15) is 0 Å². The maximum absolute atomic E-state index is 12.6. The maximum atomic E-state index is 12.6. The summed E-state index contributed by atoms with van der Waals surface area (Å²) in [5, 5.41) is 16.7. The van der Waals surface area contributed by atoms with E-state index in [1.165, 1.54) is 5.56 Å². The molecule has 1 unspecified atom stereocenters. The minimum Gasteiger partial charge on any atom is -0.393 e. The molecule has 0 aliphatic heterocycles. The average molecular weight is 427 g/mol. The minimum absolute atomic E-state index is 0.340. The van der Waals surface area contributed by atoms with Crippen LogP contribution in [0, 0.1) is 0 Å². The summed E-state index contributed by atoms with van der Waals surface area (Å²) >= 11 is 12.4. The first-order chi connectivity index (χ1) is 14.0. The van der Waals surface area contributed by atoms with Crippen molar-refractivity contribution in [3.05, 3.63) is 81.8 Å². The molecule has 1 aliphatic rings. The van der Waals surface area contributed by atoms with Crippen molar-refractivity contribution in [1.29, 1.82) is 0 Å². The van der Waals surface area contributed by atoms with Crippen LogP contribution in [0.25, 0.3) is 11.1 Å². The lowest BCUT2D eigenvalue weighted by Gasteiger charge is -2.23. The maximum Gasteiger partial charge on any atom is 0.323 e. The number of halogens is 2. The SMILES string of the molecule is O=C(Nc1cccc(-c2cccc(Cl)c2Cl)c1)Nc1cccc2c1CC(O)CC2. The summed E-state index contributed by atoms with van der Waals surface area (Å²) in [6.07, 6.45) is 1.75. The number of aryl methyl sites for hydroxylation is 1. The number of urea groups is 1. The van der Waals surface area contributed by atoms with Gasteiger partial charge < -0.3 is 15.7 Å². The number of carbonyl (C=O) groups is 1. The van der Waals surface area contributed by atoms with E-state index in [-0.39, 0.29) is 12.1 Å². The lowest BCUT2D eigenvalue weighted by Crippen LogP contribution is -2.24. The number of fused-ring (bicyclic) bond motifs is 1. The molecule has 3 aromatic rings. The summed E-state index contributed by atoms with van der Waals surface area (Å²) in [5.74, 6) is 0. The van der Waals surface area contributed by atoms with Crippen LogP contribution in [0.1, 0.15) is 17.5 Å². The number of nitrogens with one attached hydrogen (secondary N) is 2. The zero-order valence-corrected chi connectivity index (χ0v) is 17.1. The molecular formula is C23H20Cl2N2O2. The molecule has 0 heterocycles. The molecule has 0 saturated carbocycles. The number of benzene rings is 3. The Balaban J connectivity index is 1.52. The Morgan fingerprint density at radius 1 is 1.00 bits per heavy atom. The molecule has 29 heavy (non-hydrogen) atoms. The second kappa shape index (κ2) is 8.46. The molecule has 0 radical (unpaired) electrons. The Bertz CT molecular complexity index is 1070. The van der Waals surface area contributed by atoms with E-state index in [1.54, 1.807) is 6.07 Å². The fourth-order valence-corrected chi connectivity index (χ4v) is 4.07. The van der Waals surface area contributed by atoms with Crippen molar-refractivity contribution in [2.24, 2.45) is 0 Å². The molecule has 3 aromatic carbocycles. The zero-order chi connectivity index (χ0) is 20.4. The highest BCUT2D eigenvalue weighted by Crippen LogP contribution is 2.34. The molecule has 0 spiro atoms. The predicted octanol–water partition coefficient (Wildman–Crippen LogP) is 6.15. The fraction of sp³-hybridized carbons (Fsp3) is 0.174. The van der Waals surface area contributed by atoms with Gasteiger partial charge in [-0.15, -0.1) is 0 Å². The number of carbonyl (C=O) groups excluding carboxylic acids is 1.